The second-order valence-electron chi connectivity index (χ2n) is 1.34. The molecule has 0 aromatic heterocycles. The van der Waals surface area contributed by atoms with Crippen molar-refractivity contribution in [3.63, 3.8) is 0 Å². The molecule has 0 aromatic rings. The quantitative estimate of drug-likeness (QED) is 0.482. The van der Waals surface area contributed by atoms with Crippen LogP contribution in [0.3, 0.4) is 0 Å². The summed E-state index contributed by atoms with van der Waals surface area (Å²) in [5, 5.41) is 0. The predicted octanol–water partition coefficient (Wildman–Crippen LogP) is 0.174. The number of hydrogen-bond donors (Lipinski definition) is 0. The molecule has 0 atom stereocenters. The van der Waals surface area contributed by atoms with Crippen molar-refractivity contribution in [3.8, 4) is 0 Å². The van der Waals surface area contributed by atoms with Gasteiger partial charge in [0.05, 0.1) is 0 Å². The van der Waals surface area contributed by atoms with Gasteiger partial charge in [-0.05, 0) is 20.0 Å². The molecule has 0 heterocycles. The van der Waals surface area contributed by atoms with E-state index in [4.69, 9.17) is 0 Å². The van der Waals surface area contributed by atoms with Gasteiger partial charge in [-0.15, -0.1) is 7.92 Å². The molecule has 0 spiro atoms. The van der Waals surface area contributed by atoms with Crippen molar-refractivity contribution in [2.75, 3.05) is 20.0 Å². The Labute approximate surface area is 53.9 Å². The molecule has 0 aromatic carbocycles. The van der Waals surface area contributed by atoms with Crippen molar-refractivity contribution < 1.29 is 0 Å². The van der Waals surface area contributed by atoms with Gasteiger partial charge in [0.2, 0.25) is 0 Å². The van der Waals surface area contributed by atoms with E-state index < -0.39 is 0 Å². The van der Waals surface area contributed by atoms with Gasteiger partial charge in [0.1, 0.15) is 0 Å². The Kier molecular flexibility index (Phi) is 10.1. The molecule has 5 heavy (non-hydrogen) atoms. The van der Waals surface area contributed by atoms with Gasteiger partial charge < -0.3 is 0 Å². The van der Waals surface area contributed by atoms with Crippen molar-refractivity contribution in [1.29, 1.82) is 0 Å². The van der Waals surface area contributed by atoms with Gasteiger partial charge in [0, 0.05) is 0 Å². The van der Waals surface area contributed by atoms with Crippen molar-refractivity contribution in [3.05, 3.63) is 0 Å². The van der Waals surface area contributed by atoms with Crippen molar-refractivity contribution in [2.24, 2.45) is 0 Å². The normalized spacial score (nSPS) is 7.20. The Balaban J connectivity index is 0. The average molecular weight is 194 g/mol. The minimum absolute atomic E-state index is 0. The Bertz CT molecular complexity index is 11.6. The number of rotatable bonds is 0. The van der Waals surface area contributed by atoms with Crippen molar-refractivity contribution >= 4 is 33.8 Å². The molecule has 0 saturated carbocycles. The molecule has 0 amide bonds. The molecule has 32 valence electrons. The molecular weight excluding hydrogens is 182 g/mol. The molecule has 0 aliphatic carbocycles. The van der Waals surface area contributed by atoms with Crippen LogP contribution in [0.2, 0.25) is 0 Å². The molecule has 0 rings (SSSR count). The summed E-state index contributed by atoms with van der Waals surface area (Å²) >= 11 is 0. The monoisotopic (exact) mass is 194 g/mol. The van der Waals surface area contributed by atoms with E-state index in [9.17, 15) is 0 Å². The van der Waals surface area contributed by atoms with Crippen LogP contribution >= 0.6 is 7.92 Å². The van der Waals surface area contributed by atoms with Crippen LogP contribution in [0.1, 0.15) is 0 Å². The minimum atomic E-state index is 0. The van der Waals surface area contributed by atoms with Crippen LogP contribution in [0.5, 0.6) is 0 Å². The molecule has 0 saturated heterocycles. The Morgan fingerprint density at radius 2 is 1.00 bits per heavy atom. The second-order valence-corrected chi connectivity index (χ2v) is 4.02. The third-order valence-corrected chi connectivity index (χ3v) is 0. The first kappa shape index (κ1) is 9.57. The van der Waals surface area contributed by atoms with E-state index in [1.165, 1.54) is 0 Å². The first-order valence-electron chi connectivity index (χ1n) is 1.34. The molecule has 0 fully saturated rings. The maximum absolute atomic E-state index is 2.23. The summed E-state index contributed by atoms with van der Waals surface area (Å²) in [4.78, 5) is 0. The fraction of sp³-hybridized carbons (Fsp3) is 1.00. The van der Waals surface area contributed by atoms with Gasteiger partial charge in [-0.3, -0.25) is 0 Å². The summed E-state index contributed by atoms with van der Waals surface area (Å²) in [6.07, 6.45) is 0. The molecule has 0 aliphatic rings. The summed E-state index contributed by atoms with van der Waals surface area (Å²) in [6.45, 7) is 6.69. The summed E-state index contributed by atoms with van der Waals surface area (Å²) in [5.41, 5.74) is 0. The average Bonchev–Trinajstić information content (AvgIpc) is 0.811. The zero-order chi connectivity index (χ0) is 3.58. The summed E-state index contributed by atoms with van der Waals surface area (Å²) in [5.74, 6) is 0. The fourth-order valence-corrected chi connectivity index (χ4v) is 0. The van der Waals surface area contributed by atoms with Gasteiger partial charge >= 0.3 is 25.8 Å². The first-order valence-corrected chi connectivity index (χ1v) is 4.02. The third-order valence-electron chi connectivity index (χ3n) is 0. The zero-order valence-electron chi connectivity index (χ0n) is 3.45. The summed E-state index contributed by atoms with van der Waals surface area (Å²) in [7, 11) is 0.380. The molecule has 0 N–H and O–H groups in total. The van der Waals surface area contributed by atoms with Crippen LogP contribution in [0, 0.1) is 0 Å². The van der Waals surface area contributed by atoms with Gasteiger partial charge in [0.15, 0.2) is 0 Å². The van der Waals surface area contributed by atoms with Gasteiger partial charge in [0.25, 0.3) is 0 Å². The molecule has 0 aliphatic heterocycles. The zero-order valence-corrected chi connectivity index (χ0v) is 4.34. The Hall–Kier alpha value is 1.30. The molecule has 0 bridgehead atoms. The molecule has 0 radical (unpaired) electrons. The van der Waals surface area contributed by atoms with E-state index in [1.54, 1.807) is 0 Å². The molecule has 2 heteroatoms. The van der Waals surface area contributed by atoms with E-state index in [-0.39, 0.29) is 25.8 Å². The predicted molar refractivity (Wildman–Crippen MR) is 34.6 cm³/mol. The molecular formula is C3H12InP. The standard InChI is InChI=1S/C3H9P.In.3H/c1-4(2)3;;;;/h1-3H3;;;;. The Morgan fingerprint density at radius 1 is 1.00 bits per heavy atom. The van der Waals surface area contributed by atoms with E-state index >= 15 is 0 Å². The van der Waals surface area contributed by atoms with Gasteiger partial charge in [-0.25, -0.2) is 0 Å². The van der Waals surface area contributed by atoms with Crippen LogP contribution < -0.4 is 0 Å². The topological polar surface area (TPSA) is 0 Å². The fourth-order valence-electron chi connectivity index (χ4n) is 0. The second kappa shape index (κ2) is 5.30. The van der Waals surface area contributed by atoms with Crippen LogP contribution in [-0.4, -0.2) is 45.8 Å². The molecule has 0 unspecified atom stereocenters. The summed E-state index contributed by atoms with van der Waals surface area (Å²) < 4.78 is 0. The van der Waals surface area contributed by atoms with Crippen molar-refractivity contribution in [2.45, 2.75) is 0 Å². The van der Waals surface area contributed by atoms with Crippen LogP contribution in [-0.2, 0) is 0 Å². The molecule has 0 nitrogen and oxygen atoms in total. The first-order chi connectivity index (χ1) is 1.73. The number of hydrogen-bond acceptors (Lipinski definition) is 0. The van der Waals surface area contributed by atoms with E-state index in [2.05, 4.69) is 20.0 Å². The van der Waals surface area contributed by atoms with Gasteiger partial charge in [-0.2, -0.15) is 0 Å². The van der Waals surface area contributed by atoms with Crippen LogP contribution in [0.25, 0.3) is 0 Å². The van der Waals surface area contributed by atoms with Crippen LogP contribution in [0.4, 0.5) is 0 Å². The third kappa shape index (κ3) is 34.1. The SMILES string of the molecule is CP(C)C.[InH3]. The van der Waals surface area contributed by atoms with Crippen LogP contribution in [0.15, 0.2) is 0 Å². The Morgan fingerprint density at radius 3 is 1.00 bits per heavy atom. The van der Waals surface area contributed by atoms with E-state index in [0.29, 0.717) is 7.92 Å². The van der Waals surface area contributed by atoms with E-state index in [1.807, 2.05) is 0 Å². The van der Waals surface area contributed by atoms with Crippen molar-refractivity contribution in [1.82, 2.24) is 0 Å². The van der Waals surface area contributed by atoms with Gasteiger partial charge in [-0.1, -0.05) is 0 Å². The summed E-state index contributed by atoms with van der Waals surface area (Å²) in [6, 6.07) is 0. The van der Waals surface area contributed by atoms with E-state index in [0.717, 1.165) is 0 Å². The maximum atomic E-state index is 2.23.